The van der Waals surface area contributed by atoms with E-state index in [0.717, 1.165) is 23.5 Å². The van der Waals surface area contributed by atoms with E-state index in [1.165, 1.54) is 50.2 Å². The second-order valence-electron chi connectivity index (χ2n) is 10.4. The van der Waals surface area contributed by atoms with Crippen LogP contribution in [0.4, 0.5) is 0 Å². The Balaban J connectivity index is 1.38. The van der Waals surface area contributed by atoms with E-state index in [1.54, 1.807) is 38.3 Å². The lowest BCUT2D eigenvalue weighted by Gasteiger charge is -2.57. The topological polar surface area (TPSA) is 61.8 Å². The number of ether oxygens (including phenoxy) is 3. The lowest BCUT2D eigenvalue weighted by Crippen LogP contribution is -2.48. The Morgan fingerprint density at radius 1 is 1.00 bits per heavy atom. The summed E-state index contributed by atoms with van der Waals surface area (Å²) < 4.78 is 16.6. The predicted molar refractivity (Wildman–Crippen MR) is 129 cm³/mol. The Bertz CT molecular complexity index is 1100. The average Bonchev–Trinajstić information content (AvgIpc) is 2.81. The third-order valence-corrected chi connectivity index (χ3v) is 8.01. The molecule has 4 fully saturated rings. The SMILES string of the molecule is C=CCOC(=O)c1ccc(OC(=O)c2ccc(OC)c(C34CC5CC(CC(C5)C3)C4)c2)cc1C. The molecule has 0 amide bonds. The van der Waals surface area contributed by atoms with Crippen LogP contribution in [-0.2, 0) is 10.2 Å². The smallest absolute Gasteiger partial charge is 0.343 e. The van der Waals surface area contributed by atoms with Crippen LogP contribution in [0.1, 0.15) is 70.4 Å². The minimum atomic E-state index is -0.425. The summed E-state index contributed by atoms with van der Waals surface area (Å²) in [6.45, 7) is 5.49. The van der Waals surface area contributed by atoms with Gasteiger partial charge < -0.3 is 14.2 Å². The van der Waals surface area contributed by atoms with Crippen LogP contribution in [0, 0.1) is 24.7 Å². The quantitative estimate of drug-likeness (QED) is 0.287. The minimum absolute atomic E-state index is 0.112. The lowest BCUT2D eigenvalue weighted by molar-refractivity contribution is -0.00618. The molecule has 0 aromatic heterocycles. The Kier molecular flexibility index (Phi) is 5.97. The number of carbonyl (C=O) groups is 2. The summed E-state index contributed by atoms with van der Waals surface area (Å²) in [4.78, 5) is 25.2. The zero-order valence-electron chi connectivity index (χ0n) is 20.0. The van der Waals surface area contributed by atoms with Crippen LogP contribution in [0.25, 0.3) is 0 Å². The van der Waals surface area contributed by atoms with Gasteiger partial charge in [-0.2, -0.15) is 0 Å². The Labute approximate surface area is 201 Å². The highest BCUT2D eigenvalue weighted by molar-refractivity contribution is 5.93. The fourth-order valence-corrected chi connectivity index (χ4v) is 7.00. The Morgan fingerprint density at radius 2 is 1.68 bits per heavy atom. The van der Waals surface area contributed by atoms with Crippen LogP contribution in [0.15, 0.2) is 49.1 Å². The van der Waals surface area contributed by atoms with E-state index in [9.17, 15) is 9.59 Å². The van der Waals surface area contributed by atoms with E-state index in [0.29, 0.717) is 22.4 Å². The van der Waals surface area contributed by atoms with Crippen LogP contribution in [0.3, 0.4) is 0 Å². The first-order valence-electron chi connectivity index (χ1n) is 12.2. The molecule has 0 saturated heterocycles. The second kappa shape index (κ2) is 8.94. The Morgan fingerprint density at radius 3 is 2.26 bits per heavy atom. The van der Waals surface area contributed by atoms with Gasteiger partial charge in [-0.05, 0) is 111 Å². The zero-order valence-corrected chi connectivity index (χ0v) is 20.0. The number of carbonyl (C=O) groups excluding carboxylic acids is 2. The van der Waals surface area contributed by atoms with Gasteiger partial charge in [0.1, 0.15) is 18.1 Å². The van der Waals surface area contributed by atoms with Crippen LogP contribution in [0.2, 0.25) is 0 Å². The zero-order chi connectivity index (χ0) is 23.9. The summed E-state index contributed by atoms with van der Waals surface area (Å²) in [5, 5.41) is 0. The van der Waals surface area contributed by atoms with Crippen molar-refractivity contribution in [1.29, 1.82) is 0 Å². The number of esters is 2. The molecule has 4 bridgehead atoms. The van der Waals surface area contributed by atoms with E-state index in [4.69, 9.17) is 14.2 Å². The maximum atomic E-state index is 13.1. The predicted octanol–water partition coefficient (Wildman–Crippen LogP) is 6.03. The standard InChI is InChI=1S/C29H32O5/c1-4-9-33-28(31)24-7-6-23(10-18(24)2)34-27(30)22-5-8-26(32-3)25(14-22)29-15-19-11-20(16-29)13-21(12-19)17-29/h4-8,10,14,19-21H,1,9,11-13,15-17H2,2-3H3. The van der Waals surface area contributed by atoms with Gasteiger partial charge in [-0.15, -0.1) is 0 Å². The first kappa shape index (κ1) is 22.7. The molecule has 0 atom stereocenters. The molecule has 34 heavy (non-hydrogen) atoms. The molecule has 2 aromatic rings. The second-order valence-corrected chi connectivity index (χ2v) is 10.4. The van der Waals surface area contributed by atoms with E-state index in [1.807, 2.05) is 12.1 Å². The fraction of sp³-hybridized carbons (Fsp3) is 0.448. The van der Waals surface area contributed by atoms with Crippen LogP contribution in [0.5, 0.6) is 11.5 Å². The molecular weight excluding hydrogens is 428 g/mol. The molecular formula is C29H32O5. The maximum absolute atomic E-state index is 13.1. The normalized spacial score (nSPS) is 26.7. The van der Waals surface area contributed by atoms with Crippen molar-refractivity contribution in [2.45, 2.75) is 50.9 Å². The summed E-state index contributed by atoms with van der Waals surface area (Å²) in [6.07, 6.45) is 9.18. The lowest BCUT2D eigenvalue weighted by atomic mass is 9.48. The summed E-state index contributed by atoms with van der Waals surface area (Å²) in [6, 6.07) is 10.6. The molecule has 0 spiro atoms. The van der Waals surface area contributed by atoms with Crippen molar-refractivity contribution >= 4 is 11.9 Å². The van der Waals surface area contributed by atoms with E-state index in [2.05, 4.69) is 6.58 Å². The van der Waals surface area contributed by atoms with Gasteiger partial charge in [0.05, 0.1) is 18.2 Å². The summed E-state index contributed by atoms with van der Waals surface area (Å²) in [5.41, 5.74) is 2.93. The molecule has 0 heterocycles. The number of hydrogen-bond acceptors (Lipinski definition) is 5. The number of aryl methyl sites for hydroxylation is 1. The third-order valence-electron chi connectivity index (χ3n) is 8.01. The van der Waals surface area contributed by atoms with Crippen molar-refractivity contribution in [3.05, 3.63) is 71.3 Å². The van der Waals surface area contributed by atoms with E-state index >= 15 is 0 Å². The van der Waals surface area contributed by atoms with Gasteiger partial charge in [-0.1, -0.05) is 12.7 Å². The Hall–Kier alpha value is -3.08. The van der Waals surface area contributed by atoms with Gasteiger partial charge in [0.2, 0.25) is 0 Å². The molecule has 4 aliphatic carbocycles. The van der Waals surface area contributed by atoms with Crippen LogP contribution >= 0.6 is 0 Å². The van der Waals surface area contributed by atoms with Crippen molar-refractivity contribution < 1.29 is 23.8 Å². The summed E-state index contributed by atoms with van der Waals surface area (Å²) in [7, 11) is 1.71. The van der Waals surface area contributed by atoms with Crippen molar-refractivity contribution in [2.24, 2.45) is 17.8 Å². The highest BCUT2D eigenvalue weighted by atomic mass is 16.5. The minimum Gasteiger partial charge on any atom is -0.496 e. The molecule has 0 unspecified atom stereocenters. The molecule has 5 heteroatoms. The molecule has 2 aromatic carbocycles. The van der Waals surface area contributed by atoms with Gasteiger partial charge in [-0.3, -0.25) is 0 Å². The maximum Gasteiger partial charge on any atom is 0.343 e. The number of hydrogen-bond donors (Lipinski definition) is 0. The monoisotopic (exact) mass is 460 g/mol. The molecule has 4 saturated carbocycles. The molecule has 178 valence electrons. The summed E-state index contributed by atoms with van der Waals surface area (Å²) in [5.74, 6) is 2.83. The highest BCUT2D eigenvalue weighted by Gasteiger charge is 2.52. The molecule has 0 aliphatic heterocycles. The first-order valence-corrected chi connectivity index (χ1v) is 12.2. The van der Waals surface area contributed by atoms with Gasteiger partial charge in [-0.25, -0.2) is 9.59 Å². The fourth-order valence-electron chi connectivity index (χ4n) is 7.00. The van der Waals surface area contributed by atoms with Crippen LogP contribution in [-0.4, -0.2) is 25.7 Å². The van der Waals surface area contributed by atoms with E-state index < -0.39 is 11.9 Å². The average molecular weight is 461 g/mol. The van der Waals surface area contributed by atoms with Crippen molar-refractivity contribution in [3.8, 4) is 11.5 Å². The molecule has 0 N–H and O–H groups in total. The van der Waals surface area contributed by atoms with Gasteiger partial charge in [0.25, 0.3) is 0 Å². The molecule has 6 rings (SSSR count). The highest BCUT2D eigenvalue weighted by Crippen LogP contribution is 2.61. The van der Waals surface area contributed by atoms with Gasteiger partial charge >= 0.3 is 11.9 Å². The van der Waals surface area contributed by atoms with Crippen molar-refractivity contribution in [3.63, 3.8) is 0 Å². The van der Waals surface area contributed by atoms with Gasteiger partial charge in [0, 0.05) is 5.56 Å². The molecule has 5 nitrogen and oxygen atoms in total. The first-order chi connectivity index (χ1) is 16.4. The number of benzene rings is 2. The van der Waals surface area contributed by atoms with Gasteiger partial charge in [0.15, 0.2) is 0 Å². The largest absolute Gasteiger partial charge is 0.496 e. The molecule has 4 aliphatic rings. The number of rotatable bonds is 7. The third kappa shape index (κ3) is 4.13. The van der Waals surface area contributed by atoms with Crippen LogP contribution < -0.4 is 9.47 Å². The van der Waals surface area contributed by atoms with Crippen molar-refractivity contribution in [1.82, 2.24) is 0 Å². The molecule has 0 radical (unpaired) electrons. The summed E-state index contributed by atoms with van der Waals surface area (Å²) >= 11 is 0. The van der Waals surface area contributed by atoms with E-state index in [-0.39, 0.29) is 12.0 Å². The number of methoxy groups -OCH3 is 1. The van der Waals surface area contributed by atoms with Crippen molar-refractivity contribution in [2.75, 3.05) is 13.7 Å².